The van der Waals surface area contributed by atoms with E-state index < -0.39 is 5.60 Å². The van der Waals surface area contributed by atoms with E-state index >= 15 is 0 Å². The zero-order valence-electron chi connectivity index (χ0n) is 14.3. The van der Waals surface area contributed by atoms with Gasteiger partial charge in [0.25, 0.3) is 5.91 Å². The van der Waals surface area contributed by atoms with Gasteiger partial charge in [0.05, 0.1) is 18.6 Å². The number of carbonyl (C=O) groups excluding carboxylic acids is 2. The van der Waals surface area contributed by atoms with Crippen LogP contribution in [0.25, 0.3) is 10.8 Å². The molecule has 5 heteroatoms. The number of amides is 1. The average molecular weight is 341 g/mol. The summed E-state index contributed by atoms with van der Waals surface area (Å²) in [6.07, 6.45) is 2.10. The van der Waals surface area contributed by atoms with E-state index in [0.29, 0.717) is 31.2 Å². The van der Waals surface area contributed by atoms with Gasteiger partial charge in [-0.15, -0.1) is 0 Å². The highest BCUT2D eigenvalue weighted by molar-refractivity contribution is 6.07. The molecule has 0 bridgehead atoms. The highest BCUT2D eigenvalue weighted by Crippen LogP contribution is 2.32. The molecule has 2 aromatic rings. The standard InChI is InChI=1S/C20H23NO4/c1-25-19(23)15-9-11-20(24,12-10-15)13-21-18(22)17-8-4-6-14-5-2-3-7-16(14)17/h2-8,15,24H,9-13H2,1H3,(H,21,22). The highest BCUT2D eigenvalue weighted by atomic mass is 16.5. The third kappa shape index (κ3) is 3.82. The Labute approximate surface area is 147 Å². The number of hydrogen-bond donors (Lipinski definition) is 2. The number of aliphatic hydroxyl groups is 1. The molecule has 0 aromatic heterocycles. The van der Waals surface area contributed by atoms with E-state index in [9.17, 15) is 14.7 Å². The number of carbonyl (C=O) groups is 2. The molecular weight excluding hydrogens is 318 g/mol. The summed E-state index contributed by atoms with van der Waals surface area (Å²) in [5, 5.41) is 15.4. The third-order valence-electron chi connectivity index (χ3n) is 5.06. The largest absolute Gasteiger partial charge is 0.469 e. The quantitative estimate of drug-likeness (QED) is 0.839. The highest BCUT2D eigenvalue weighted by Gasteiger charge is 2.36. The summed E-state index contributed by atoms with van der Waals surface area (Å²) in [4.78, 5) is 24.1. The fraction of sp³-hybridized carbons (Fsp3) is 0.400. The summed E-state index contributed by atoms with van der Waals surface area (Å²) in [5.41, 5.74) is -0.366. The van der Waals surface area contributed by atoms with Gasteiger partial charge in [-0.2, -0.15) is 0 Å². The van der Waals surface area contributed by atoms with Gasteiger partial charge in [-0.25, -0.2) is 0 Å². The molecule has 0 radical (unpaired) electrons. The van der Waals surface area contributed by atoms with Gasteiger partial charge < -0.3 is 15.2 Å². The van der Waals surface area contributed by atoms with Crippen LogP contribution in [0.3, 0.4) is 0 Å². The van der Waals surface area contributed by atoms with Crippen molar-refractivity contribution in [1.82, 2.24) is 5.32 Å². The number of fused-ring (bicyclic) bond motifs is 1. The molecule has 0 aliphatic heterocycles. The average Bonchev–Trinajstić information content (AvgIpc) is 2.65. The predicted molar refractivity (Wildman–Crippen MR) is 95.2 cm³/mol. The molecule has 2 N–H and O–H groups in total. The van der Waals surface area contributed by atoms with Gasteiger partial charge in [0, 0.05) is 12.1 Å². The number of ether oxygens (including phenoxy) is 1. The fourth-order valence-electron chi connectivity index (χ4n) is 3.50. The molecule has 132 valence electrons. The number of hydrogen-bond acceptors (Lipinski definition) is 4. The van der Waals surface area contributed by atoms with Crippen LogP contribution in [0.2, 0.25) is 0 Å². The fourth-order valence-corrected chi connectivity index (χ4v) is 3.50. The van der Waals surface area contributed by atoms with Crippen molar-refractivity contribution in [2.45, 2.75) is 31.3 Å². The van der Waals surface area contributed by atoms with Gasteiger partial charge in [-0.1, -0.05) is 36.4 Å². The molecule has 1 aliphatic carbocycles. The van der Waals surface area contributed by atoms with Crippen molar-refractivity contribution in [2.75, 3.05) is 13.7 Å². The lowest BCUT2D eigenvalue weighted by molar-refractivity contribution is -0.148. The normalized spacial score (nSPS) is 23.2. The Morgan fingerprint density at radius 2 is 1.84 bits per heavy atom. The summed E-state index contributed by atoms with van der Waals surface area (Å²) in [6.45, 7) is 0.183. The Morgan fingerprint density at radius 1 is 1.16 bits per heavy atom. The van der Waals surface area contributed by atoms with E-state index in [2.05, 4.69) is 5.32 Å². The molecule has 2 aromatic carbocycles. The second kappa shape index (κ2) is 7.23. The molecule has 3 rings (SSSR count). The second-order valence-corrected chi connectivity index (χ2v) is 6.73. The van der Waals surface area contributed by atoms with Crippen LogP contribution in [0.5, 0.6) is 0 Å². The maximum atomic E-state index is 12.6. The van der Waals surface area contributed by atoms with Crippen LogP contribution >= 0.6 is 0 Å². The van der Waals surface area contributed by atoms with Crippen LogP contribution in [0.4, 0.5) is 0 Å². The number of rotatable bonds is 4. The van der Waals surface area contributed by atoms with Crippen molar-refractivity contribution in [3.8, 4) is 0 Å². The lowest BCUT2D eigenvalue weighted by Crippen LogP contribution is -2.46. The lowest BCUT2D eigenvalue weighted by atomic mass is 9.78. The Hall–Kier alpha value is -2.40. The first-order valence-electron chi connectivity index (χ1n) is 8.58. The Morgan fingerprint density at radius 3 is 2.56 bits per heavy atom. The van der Waals surface area contributed by atoms with E-state index in [1.165, 1.54) is 7.11 Å². The van der Waals surface area contributed by atoms with Crippen LogP contribution in [0, 0.1) is 5.92 Å². The molecule has 1 amide bonds. The van der Waals surface area contributed by atoms with Gasteiger partial charge in [0.15, 0.2) is 0 Å². The van der Waals surface area contributed by atoms with Crippen LogP contribution in [-0.2, 0) is 9.53 Å². The molecule has 5 nitrogen and oxygen atoms in total. The Kier molecular flexibility index (Phi) is 5.04. The summed E-state index contributed by atoms with van der Waals surface area (Å²) in [5.74, 6) is -0.568. The third-order valence-corrected chi connectivity index (χ3v) is 5.06. The maximum Gasteiger partial charge on any atom is 0.308 e. The molecule has 1 fully saturated rings. The van der Waals surface area contributed by atoms with Gasteiger partial charge in [0.1, 0.15) is 0 Å². The van der Waals surface area contributed by atoms with Crippen molar-refractivity contribution in [3.05, 3.63) is 48.0 Å². The van der Waals surface area contributed by atoms with Crippen LogP contribution in [0.15, 0.2) is 42.5 Å². The molecular formula is C20H23NO4. The zero-order valence-corrected chi connectivity index (χ0v) is 14.3. The van der Waals surface area contributed by atoms with Crippen molar-refractivity contribution in [3.63, 3.8) is 0 Å². The summed E-state index contributed by atoms with van der Waals surface area (Å²) >= 11 is 0. The van der Waals surface area contributed by atoms with E-state index in [-0.39, 0.29) is 24.3 Å². The SMILES string of the molecule is COC(=O)C1CCC(O)(CNC(=O)c2cccc3ccccc23)CC1. The van der Waals surface area contributed by atoms with Crippen LogP contribution < -0.4 is 5.32 Å². The summed E-state index contributed by atoms with van der Waals surface area (Å²) < 4.78 is 4.76. The molecule has 0 heterocycles. The number of benzene rings is 2. The van der Waals surface area contributed by atoms with Crippen molar-refractivity contribution in [1.29, 1.82) is 0 Å². The van der Waals surface area contributed by atoms with Gasteiger partial charge in [0.2, 0.25) is 0 Å². The van der Waals surface area contributed by atoms with E-state index in [1.54, 1.807) is 6.07 Å². The van der Waals surface area contributed by atoms with Crippen LogP contribution in [-0.4, -0.2) is 36.2 Å². The second-order valence-electron chi connectivity index (χ2n) is 6.73. The van der Waals surface area contributed by atoms with Crippen LogP contribution in [0.1, 0.15) is 36.0 Å². The topological polar surface area (TPSA) is 75.6 Å². The first-order chi connectivity index (χ1) is 12.0. The maximum absolute atomic E-state index is 12.6. The van der Waals surface area contributed by atoms with E-state index in [1.807, 2.05) is 36.4 Å². The van der Waals surface area contributed by atoms with Gasteiger partial charge in [-0.3, -0.25) is 9.59 Å². The minimum atomic E-state index is -0.967. The number of esters is 1. The molecule has 0 atom stereocenters. The molecule has 0 spiro atoms. The summed E-state index contributed by atoms with van der Waals surface area (Å²) in [7, 11) is 1.38. The Bertz CT molecular complexity index is 773. The molecule has 1 aliphatic rings. The zero-order chi connectivity index (χ0) is 17.9. The van der Waals surface area contributed by atoms with E-state index in [0.717, 1.165) is 10.8 Å². The predicted octanol–water partition coefficient (Wildman–Crippen LogP) is 2.66. The lowest BCUT2D eigenvalue weighted by Gasteiger charge is -2.35. The molecule has 0 unspecified atom stereocenters. The van der Waals surface area contributed by atoms with Gasteiger partial charge >= 0.3 is 5.97 Å². The van der Waals surface area contributed by atoms with Crippen molar-refractivity contribution >= 4 is 22.6 Å². The van der Waals surface area contributed by atoms with Crippen molar-refractivity contribution < 1.29 is 19.4 Å². The number of nitrogens with one attached hydrogen (secondary N) is 1. The monoisotopic (exact) mass is 341 g/mol. The van der Waals surface area contributed by atoms with Crippen molar-refractivity contribution in [2.24, 2.45) is 5.92 Å². The minimum Gasteiger partial charge on any atom is -0.469 e. The van der Waals surface area contributed by atoms with E-state index in [4.69, 9.17) is 4.74 Å². The Balaban J connectivity index is 1.63. The smallest absolute Gasteiger partial charge is 0.308 e. The molecule has 25 heavy (non-hydrogen) atoms. The summed E-state index contributed by atoms with van der Waals surface area (Å²) in [6, 6.07) is 13.3. The molecule has 1 saturated carbocycles. The first-order valence-corrected chi connectivity index (χ1v) is 8.58. The first kappa shape index (κ1) is 17.4. The minimum absolute atomic E-state index is 0.154. The number of methoxy groups -OCH3 is 1. The van der Waals surface area contributed by atoms with Gasteiger partial charge in [-0.05, 0) is 42.5 Å². The molecule has 0 saturated heterocycles.